The molecule has 1 aromatic rings. The topological polar surface area (TPSA) is 73.6 Å². The van der Waals surface area contributed by atoms with Crippen molar-refractivity contribution in [3.8, 4) is 11.5 Å². The average Bonchev–Trinajstić information content (AvgIpc) is 2.37. The molecule has 110 valence electrons. The third kappa shape index (κ3) is 2.98. The first kappa shape index (κ1) is 14.5. The number of nitrogens with one attached hydrogen (secondary N) is 1. The van der Waals surface area contributed by atoms with Crippen molar-refractivity contribution < 1.29 is 23.0 Å². The van der Waals surface area contributed by atoms with Gasteiger partial charge in [-0.1, -0.05) is 0 Å². The van der Waals surface area contributed by atoms with E-state index in [0.717, 1.165) is 6.42 Å². The van der Waals surface area contributed by atoms with E-state index in [2.05, 4.69) is 10.1 Å². The van der Waals surface area contributed by atoms with Gasteiger partial charge < -0.3 is 20.5 Å². The number of hydrogen-bond acceptors (Lipinski definition) is 4. The number of carbonyl (C=O) groups is 1. The molecular weight excluding hydrogens is 270 g/mol. The fourth-order valence-corrected chi connectivity index (χ4v) is 1.96. The summed E-state index contributed by atoms with van der Waals surface area (Å²) in [6.07, 6.45) is 2.03. The first-order chi connectivity index (χ1) is 9.44. The molecule has 0 bridgehead atoms. The Morgan fingerprint density at radius 3 is 2.65 bits per heavy atom. The maximum absolute atomic E-state index is 12.3. The molecule has 0 unspecified atom stereocenters. The highest BCUT2D eigenvalue weighted by Gasteiger charge is 2.40. The Labute approximate surface area is 115 Å². The minimum Gasteiger partial charge on any atom is -0.497 e. The minimum atomic E-state index is -2.98. The van der Waals surface area contributed by atoms with Crippen molar-refractivity contribution in [1.82, 2.24) is 0 Å². The molecule has 20 heavy (non-hydrogen) atoms. The van der Waals surface area contributed by atoms with Gasteiger partial charge in [-0.2, -0.15) is 8.78 Å². The van der Waals surface area contributed by atoms with Gasteiger partial charge in [0.25, 0.3) is 0 Å². The number of rotatable bonds is 5. The fraction of sp³-hybridized carbons (Fsp3) is 0.462. The number of halogens is 2. The standard InChI is InChI=1S/C13H16F2N2O3/c1-19-8-3-4-10(20-12(14)15)9(7-8)17-11(18)13(16)5-2-6-13/h3-4,7,12H,2,5-6,16H2,1H3,(H,17,18). The Balaban J connectivity index is 2.21. The van der Waals surface area contributed by atoms with Gasteiger partial charge in [-0.05, 0) is 31.4 Å². The Hall–Kier alpha value is -1.89. The first-order valence-corrected chi connectivity index (χ1v) is 6.18. The van der Waals surface area contributed by atoms with E-state index in [0.29, 0.717) is 18.6 Å². The van der Waals surface area contributed by atoms with Crippen molar-refractivity contribution in [1.29, 1.82) is 0 Å². The normalized spacial score (nSPS) is 16.4. The van der Waals surface area contributed by atoms with Crippen molar-refractivity contribution in [2.75, 3.05) is 12.4 Å². The fourth-order valence-electron chi connectivity index (χ4n) is 1.96. The van der Waals surface area contributed by atoms with Crippen LogP contribution in [0.4, 0.5) is 14.5 Å². The van der Waals surface area contributed by atoms with Gasteiger partial charge in [-0.15, -0.1) is 0 Å². The van der Waals surface area contributed by atoms with Crippen molar-refractivity contribution >= 4 is 11.6 Å². The number of ether oxygens (including phenoxy) is 2. The zero-order valence-electron chi connectivity index (χ0n) is 11.0. The lowest BCUT2D eigenvalue weighted by atomic mass is 9.77. The van der Waals surface area contributed by atoms with Gasteiger partial charge in [-0.25, -0.2) is 0 Å². The summed E-state index contributed by atoms with van der Waals surface area (Å²) in [6.45, 7) is -2.98. The lowest BCUT2D eigenvalue weighted by Gasteiger charge is -2.36. The number of methoxy groups -OCH3 is 1. The van der Waals surface area contributed by atoms with Crippen LogP contribution in [0.2, 0.25) is 0 Å². The molecule has 2 rings (SSSR count). The summed E-state index contributed by atoms with van der Waals surface area (Å²) in [7, 11) is 1.44. The second-order valence-corrected chi connectivity index (χ2v) is 4.70. The number of carbonyl (C=O) groups excluding carboxylic acids is 1. The molecule has 3 N–H and O–H groups in total. The number of alkyl halides is 2. The second kappa shape index (κ2) is 5.62. The van der Waals surface area contributed by atoms with Crippen LogP contribution in [0, 0.1) is 0 Å². The molecule has 7 heteroatoms. The summed E-state index contributed by atoms with van der Waals surface area (Å²) in [6, 6.07) is 4.19. The van der Waals surface area contributed by atoms with Gasteiger partial charge in [0.05, 0.1) is 18.3 Å². The van der Waals surface area contributed by atoms with Gasteiger partial charge in [0.2, 0.25) is 5.91 Å². The Bertz CT molecular complexity index is 504. The molecule has 0 saturated heterocycles. The Kier molecular flexibility index (Phi) is 4.08. The molecule has 0 aliphatic heterocycles. The molecule has 1 aliphatic carbocycles. The highest BCUT2D eigenvalue weighted by Crippen LogP contribution is 2.34. The van der Waals surface area contributed by atoms with E-state index in [4.69, 9.17) is 10.5 Å². The summed E-state index contributed by atoms with van der Waals surface area (Å²) in [5.41, 5.74) is 5.08. The largest absolute Gasteiger partial charge is 0.497 e. The molecular formula is C13H16F2N2O3. The van der Waals surface area contributed by atoms with Crippen molar-refractivity contribution in [2.24, 2.45) is 5.73 Å². The molecule has 0 atom stereocenters. The van der Waals surface area contributed by atoms with Crippen LogP contribution in [0.25, 0.3) is 0 Å². The van der Waals surface area contributed by atoms with Crippen molar-refractivity contribution in [3.05, 3.63) is 18.2 Å². The lowest BCUT2D eigenvalue weighted by Crippen LogP contribution is -2.56. The van der Waals surface area contributed by atoms with Crippen molar-refractivity contribution in [2.45, 2.75) is 31.4 Å². The van der Waals surface area contributed by atoms with Gasteiger partial charge in [0, 0.05) is 6.07 Å². The number of hydrogen-bond donors (Lipinski definition) is 2. The summed E-state index contributed by atoms with van der Waals surface area (Å²) >= 11 is 0. The molecule has 5 nitrogen and oxygen atoms in total. The smallest absolute Gasteiger partial charge is 0.387 e. The zero-order valence-corrected chi connectivity index (χ0v) is 11.0. The Morgan fingerprint density at radius 1 is 1.45 bits per heavy atom. The monoisotopic (exact) mass is 286 g/mol. The molecule has 1 saturated carbocycles. The van der Waals surface area contributed by atoms with E-state index in [1.165, 1.54) is 25.3 Å². The highest BCUT2D eigenvalue weighted by molar-refractivity contribution is 5.99. The molecule has 0 aromatic heterocycles. The van der Waals surface area contributed by atoms with E-state index in [-0.39, 0.29) is 11.4 Å². The van der Waals surface area contributed by atoms with Gasteiger partial charge >= 0.3 is 6.61 Å². The molecule has 0 radical (unpaired) electrons. The van der Waals surface area contributed by atoms with Crippen LogP contribution >= 0.6 is 0 Å². The number of anilines is 1. The third-order valence-electron chi connectivity index (χ3n) is 3.35. The highest BCUT2D eigenvalue weighted by atomic mass is 19.3. The maximum Gasteiger partial charge on any atom is 0.387 e. The van der Waals surface area contributed by atoms with Gasteiger partial charge in [0.15, 0.2) is 0 Å². The van der Waals surface area contributed by atoms with Gasteiger partial charge in [0.1, 0.15) is 11.5 Å². The molecule has 1 aromatic carbocycles. The van der Waals surface area contributed by atoms with Crippen LogP contribution in [0.5, 0.6) is 11.5 Å². The number of nitrogens with two attached hydrogens (primary N) is 1. The SMILES string of the molecule is COc1ccc(OC(F)F)c(NC(=O)C2(N)CCC2)c1. The minimum absolute atomic E-state index is 0.117. The van der Waals surface area contributed by atoms with E-state index in [1.54, 1.807) is 0 Å². The van der Waals surface area contributed by atoms with Gasteiger partial charge in [-0.3, -0.25) is 4.79 Å². The number of amides is 1. The van der Waals surface area contributed by atoms with Crippen LogP contribution in [0.1, 0.15) is 19.3 Å². The second-order valence-electron chi connectivity index (χ2n) is 4.70. The molecule has 0 heterocycles. The Morgan fingerprint density at radius 2 is 2.15 bits per heavy atom. The van der Waals surface area contributed by atoms with E-state index >= 15 is 0 Å². The lowest BCUT2D eigenvalue weighted by molar-refractivity contribution is -0.123. The van der Waals surface area contributed by atoms with Crippen LogP contribution < -0.4 is 20.5 Å². The molecule has 1 amide bonds. The van der Waals surface area contributed by atoms with Crippen LogP contribution in [-0.4, -0.2) is 25.2 Å². The van der Waals surface area contributed by atoms with E-state index < -0.39 is 18.1 Å². The van der Waals surface area contributed by atoms with Crippen molar-refractivity contribution in [3.63, 3.8) is 0 Å². The summed E-state index contributed by atoms with van der Waals surface area (Å²) in [5.74, 6) is -0.116. The van der Waals surface area contributed by atoms with Crippen LogP contribution in [0.3, 0.4) is 0 Å². The van der Waals surface area contributed by atoms with Crippen LogP contribution in [0.15, 0.2) is 18.2 Å². The molecule has 0 spiro atoms. The predicted octanol–water partition coefficient (Wildman–Crippen LogP) is 2.12. The molecule has 1 fully saturated rings. The van der Waals surface area contributed by atoms with Crippen LogP contribution in [-0.2, 0) is 4.79 Å². The average molecular weight is 286 g/mol. The maximum atomic E-state index is 12.3. The summed E-state index contributed by atoms with van der Waals surface area (Å²) in [5, 5.41) is 2.53. The summed E-state index contributed by atoms with van der Waals surface area (Å²) in [4.78, 5) is 12.0. The van der Waals surface area contributed by atoms with E-state index in [1.807, 2.05) is 0 Å². The first-order valence-electron chi connectivity index (χ1n) is 6.18. The predicted molar refractivity (Wildman–Crippen MR) is 69.0 cm³/mol. The zero-order chi connectivity index (χ0) is 14.8. The third-order valence-corrected chi connectivity index (χ3v) is 3.35. The number of benzene rings is 1. The quantitative estimate of drug-likeness (QED) is 0.869. The van der Waals surface area contributed by atoms with E-state index in [9.17, 15) is 13.6 Å². The summed E-state index contributed by atoms with van der Waals surface area (Å²) < 4.78 is 34.0. The molecule has 1 aliphatic rings.